The number of benzene rings is 3. The molecule has 0 N–H and O–H groups in total. The number of hydrogen-bond acceptors (Lipinski definition) is 4. The Morgan fingerprint density at radius 1 is 1.03 bits per heavy atom. The highest BCUT2D eigenvalue weighted by Gasteiger charge is 2.32. The molecule has 3 aromatic rings. The second kappa shape index (κ2) is 9.71. The number of hydrogen-bond donors (Lipinski definition) is 0. The van der Waals surface area contributed by atoms with Gasteiger partial charge in [-0.05, 0) is 47.5 Å². The van der Waals surface area contributed by atoms with E-state index in [0.717, 1.165) is 35.3 Å². The summed E-state index contributed by atoms with van der Waals surface area (Å²) < 4.78 is 67.0. The molecule has 182 valence electrons. The molecule has 4 rings (SSSR count). The van der Waals surface area contributed by atoms with Gasteiger partial charge in [0.1, 0.15) is 6.34 Å². The minimum absolute atomic E-state index is 0.0975. The molecular formula is C24H20ClF3N4O2S. The molecule has 0 saturated carbocycles. The molecule has 0 amide bonds. The first-order valence-electron chi connectivity index (χ1n) is 10.4. The van der Waals surface area contributed by atoms with Crippen LogP contribution in [0.1, 0.15) is 22.6 Å². The van der Waals surface area contributed by atoms with Crippen LogP contribution in [0.25, 0.3) is 0 Å². The van der Waals surface area contributed by atoms with E-state index in [0.29, 0.717) is 23.7 Å². The minimum atomic E-state index is -4.56. The van der Waals surface area contributed by atoms with Gasteiger partial charge in [-0.1, -0.05) is 54.1 Å². The van der Waals surface area contributed by atoms with Crippen LogP contribution in [0.2, 0.25) is 5.02 Å². The number of hydrazine groups is 1. The van der Waals surface area contributed by atoms with E-state index in [-0.39, 0.29) is 10.8 Å². The second-order valence-corrected chi connectivity index (χ2v) is 9.87. The maximum absolute atomic E-state index is 12.8. The third-order valence-corrected chi connectivity index (χ3v) is 6.93. The van der Waals surface area contributed by atoms with Crippen LogP contribution in [-0.4, -0.2) is 44.2 Å². The Kier molecular flexibility index (Phi) is 6.86. The molecule has 1 heterocycles. The fourth-order valence-corrected chi connectivity index (χ4v) is 4.57. The zero-order valence-electron chi connectivity index (χ0n) is 18.4. The van der Waals surface area contributed by atoms with Crippen LogP contribution < -0.4 is 0 Å². The van der Waals surface area contributed by atoms with Gasteiger partial charge in [0, 0.05) is 12.1 Å². The van der Waals surface area contributed by atoms with Crippen LogP contribution in [0.15, 0.2) is 93.3 Å². The molecule has 0 spiro atoms. The third-order valence-electron chi connectivity index (χ3n) is 5.44. The normalized spacial score (nSPS) is 16.5. The molecule has 0 radical (unpaired) electrons. The maximum Gasteiger partial charge on any atom is 0.416 e. The lowest BCUT2D eigenvalue weighted by Crippen LogP contribution is -2.34. The van der Waals surface area contributed by atoms with Crippen molar-refractivity contribution in [3.63, 3.8) is 0 Å². The zero-order valence-corrected chi connectivity index (χ0v) is 20.0. The average molecular weight is 521 g/mol. The van der Waals surface area contributed by atoms with E-state index in [2.05, 4.69) is 9.50 Å². The van der Waals surface area contributed by atoms with Gasteiger partial charge in [-0.3, -0.25) is 5.01 Å². The first kappa shape index (κ1) is 24.7. The number of hydrazone groups is 1. The van der Waals surface area contributed by atoms with Gasteiger partial charge in [0.15, 0.2) is 0 Å². The Balaban J connectivity index is 1.57. The van der Waals surface area contributed by atoms with Crippen molar-refractivity contribution >= 4 is 33.7 Å². The van der Waals surface area contributed by atoms with Crippen molar-refractivity contribution in [2.45, 2.75) is 17.0 Å². The van der Waals surface area contributed by atoms with Crippen molar-refractivity contribution in [2.75, 3.05) is 13.6 Å². The quantitative estimate of drug-likeness (QED) is 0.321. The Bertz CT molecular complexity index is 1340. The highest BCUT2D eigenvalue weighted by atomic mass is 35.5. The fourth-order valence-electron chi connectivity index (χ4n) is 3.58. The largest absolute Gasteiger partial charge is 0.416 e. The van der Waals surface area contributed by atoms with Gasteiger partial charge < -0.3 is 0 Å². The van der Waals surface area contributed by atoms with Gasteiger partial charge in [0.2, 0.25) is 0 Å². The molecular weight excluding hydrogens is 501 g/mol. The van der Waals surface area contributed by atoms with E-state index >= 15 is 0 Å². The predicted octanol–water partition coefficient (Wildman–Crippen LogP) is 5.43. The molecule has 1 atom stereocenters. The van der Waals surface area contributed by atoms with Gasteiger partial charge in [-0.15, -0.1) is 4.40 Å². The summed E-state index contributed by atoms with van der Waals surface area (Å²) in [6.07, 6.45) is -3.49. The number of alkyl halides is 3. The highest BCUT2D eigenvalue weighted by Crippen LogP contribution is 2.31. The molecule has 0 unspecified atom stereocenters. The van der Waals surface area contributed by atoms with Crippen LogP contribution >= 0.6 is 11.6 Å². The third kappa shape index (κ3) is 5.66. The summed E-state index contributed by atoms with van der Waals surface area (Å²) in [5.74, 6) is -0.0975. The van der Waals surface area contributed by atoms with Crippen LogP contribution in [0.3, 0.4) is 0 Å². The number of sulfonamides is 1. The number of halogens is 4. The van der Waals surface area contributed by atoms with E-state index in [9.17, 15) is 21.6 Å². The lowest BCUT2D eigenvalue weighted by molar-refractivity contribution is -0.137. The van der Waals surface area contributed by atoms with Crippen molar-refractivity contribution in [1.29, 1.82) is 0 Å². The minimum Gasteiger partial charge on any atom is -0.261 e. The van der Waals surface area contributed by atoms with E-state index in [1.165, 1.54) is 5.01 Å². The summed E-state index contributed by atoms with van der Waals surface area (Å²) in [4.78, 5) is -0.343. The Morgan fingerprint density at radius 2 is 1.66 bits per heavy atom. The summed E-state index contributed by atoms with van der Waals surface area (Å²) in [7, 11) is -2.63. The van der Waals surface area contributed by atoms with Crippen molar-refractivity contribution in [1.82, 2.24) is 10.1 Å². The van der Waals surface area contributed by atoms with E-state index < -0.39 is 21.8 Å². The van der Waals surface area contributed by atoms with E-state index in [1.807, 2.05) is 42.5 Å². The van der Waals surface area contributed by atoms with Crippen LogP contribution in [-0.2, 0) is 16.2 Å². The van der Waals surface area contributed by atoms with Gasteiger partial charge in [-0.25, -0.2) is 5.12 Å². The molecule has 0 bridgehead atoms. The topological polar surface area (TPSA) is 65.3 Å². The fraction of sp³-hybridized carbons (Fsp3) is 0.167. The van der Waals surface area contributed by atoms with E-state index in [1.54, 1.807) is 24.3 Å². The van der Waals surface area contributed by atoms with E-state index in [4.69, 9.17) is 11.6 Å². The van der Waals surface area contributed by atoms with Gasteiger partial charge in [0.25, 0.3) is 10.0 Å². The van der Waals surface area contributed by atoms with Crippen LogP contribution in [0.4, 0.5) is 13.2 Å². The van der Waals surface area contributed by atoms with Gasteiger partial charge in [0.05, 0.1) is 28.6 Å². The van der Waals surface area contributed by atoms with Crippen molar-refractivity contribution < 1.29 is 21.6 Å². The first-order chi connectivity index (χ1) is 16.5. The standard InChI is InChI=1S/C24H20ClF3N4O2S/c1-31(16-29-35(33,34)21-13-9-19(10-14-21)24(26,27)28)32-15-22(17-5-3-2-4-6-17)23(30-32)18-7-11-20(25)12-8-18/h2-14,16,22H,15H2,1H3/b29-16+/t22-/m1/s1. The Hall–Kier alpha value is -3.37. The predicted molar refractivity (Wildman–Crippen MR) is 129 cm³/mol. The molecule has 35 heavy (non-hydrogen) atoms. The maximum atomic E-state index is 12.8. The molecule has 0 saturated heterocycles. The summed E-state index contributed by atoms with van der Waals surface area (Å²) >= 11 is 6.03. The van der Waals surface area contributed by atoms with Crippen LogP contribution in [0.5, 0.6) is 0 Å². The molecule has 1 aliphatic rings. The molecule has 0 fully saturated rings. The SMILES string of the molecule is CN(/C=N/S(=O)(=O)c1ccc(C(F)(F)F)cc1)N1C[C@H](c2ccccc2)C(c2ccc(Cl)cc2)=N1. The Labute approximate surface area is 206 Å². The van der Waals surface area contributed by atoms with Crippen molar-refractivity contribution in [3.05, 3.63) is 101 Å². The molecule has 6 nitrogen and oxygen atoms in total. The van der Waals surface area contributed by atoms with Crippen LogP contribution in [0, 0.1) is 0 Å². The highest BCUT2D eigenvalue weighted by molar-refractivity contribution is 7.90. The smallest absolute Gasteiger partial charge is 0.261 e. The van der Waals surface area contributed by atoms with Gasteiger partial charge >= 0.3 is 6.18 Å². The Morgan fingerprint density at radius 3 is 2.26 bits per heavy atom. The molecule has 0 aliphatic carbocycles. The molecule has 11 heteroatoms. The molecule has 0 aromatic heterocycles. The first-order valence-corrected chi connectivity index (χ1v) is 12.2. The molecule has 3 aromatic carbocycles. The zero-order chi connectivity index (χ0) is 25.2. The molecule has 1 aliphatic heterocycles. The monoisotopic (exact) mass is 520 g/mol. The van der Waals surface area contributed by atoms with Crippen molar-refractivity contribution in [2.24, 2.45) is 9.50 Å². The average Bonchev–Trinajstić information content (AvgIpc) is 3.29. The summed E-state index contributed by atoms with van der Waals surface area (Å²) in [6, 6.07) is 20.2. The lowest BCUT2D eigenvalue weighted by Gasteiger charge is -2.24. The number of rotatable bonds is 6. The second-order valence-electron chi connectivity index (χ2n) is 7.80. The van der Waals surface area contributed by atoms with Crippen molar-refractivity contribution in [3.8, 4) is 0 Å². The lowest BCUT2D eigenvalue weighted by atomic mass is 9.91. The number of nitrogens with zero attached hydrogens (tertiary/aromatic N) is 4. The summed E-state index contributed by atoms with van der Waals surface area (Å²) in [6.45, 7) is 0.421. The summed E-state index contributed by atoms with van der Waals surface area (Å²) in [5, 5.41) is 8.27. The summed E-state index contributed by atoms with van der Waals surface area (Å²) in [5.41, 5.74) is 1.74. The van der Waals surface area contributed by atoms with Gasteiger partial charge in [-0.2, -0.15) is 26.7 Å².